The van der Waals surface area contributed by atoms with Gasteiger partial charge < -0.3 is 4.90 Å². The van der Waals surface area contributed by atoms with E-state index in [-0.39, 0.29) is 16.5 Å². The van der Waals surface area contributed by atoms with Crippen molar-refractivity contribution in [1.82, 2.24) is 14.7 Å². The molecular weight excluding hydrogens is 308 g/mol. The van der Waals surface area contributed by atoms with E-state index >= 15 is 0 Å². The van der Waals surface area contributed by atoms with Crippen LogP contribution in [0.5, 0.6) is 0 Å². The molecule has 0 radical (unpaired) electrons. The van der Waals surface area contributed by atoms with Gasteiger partial charge in [0, 0.05) is 57.9 Å². The van der Waals surface area contributed by atoms with Gasteiger partial charge in [0.25, 0.3) is 5.69 Å². The molecule has 0 unspecified atom stereocenters. The molecule has 2 fully saturated rings. The molecule has 3 rings (SSSR count). The van der Waals surface area contributed by atoms with E-state index < -0.39 is 0 Å². The second-order valence-corrected chi connectivity index (χ2v) is 6.57. The Morgan fingerprint density at radius 3 is 2.38 bits per heavy atom. The van der Waals surface area contributed by atoms with Gasteiger partial charge in [-0.1, -0.05) is 12.1 Å². The Kier molecular flexibility index (Phi) is 5.42. The largest absolute Gasteiger partial charge is 0.342 e. The number of nitro groups is 1. The van der Waals surface area contributed by atoms with Crippen LogP contribution >= 0.6 is 0 Å². The minimum Gasteiger partial charge on any atom is -0.342 e. The van der Waals surface area contributed by atoms with E-state index in [2.05, 4.69) is 9.80 Å². The number of non-ortho nitro benzene ring substituents is 1. The molecule has 0 N–H and O–H groups in total. The molecule has 24 heavy (non-hydrogen) atoms. The van der Waals surface area contributed by atoms with Crippen LogP contribution in [0.25, 0.3) is 0 Å². The van der Waals surface area contributed by atoms with E-state index in [1.807, 2.05) is 11.0 Å². The Hall–Kier alpha value is -1.99. The van der Waals surface area contributed by atoms with Gasteiger partial charge in [-0.25, -0.2) is 0 Å². The molecule has 7 heteroatoms. The van der Waals surface area contributed by atoms with Gasteiger partial charge >= 0.3 is 0 Å². The monoisotopic (exact) mass is 332 g/mol. The highest BCUT2D eigenvalue weighted by atomic mass is 16.6. The molecule has 2 aliphatic heterocycles. The Morgan fingerprint density at radius 1 is 1.04 bits per heavy atom. The van der Waals surface area contributed by atoms with Crippen molar-refractivity contribution in [2.45, 2.75) is 19.4 Å². The molecule has 130 valence electrons. The lowest BCUT2D eigenvalue weighted by molar-refractivity contribution is -0.384. The van der Waals surface area contributed by atoms with Crippen LogP contribution in [0.1, 0.15) is 18.4 Å². The van der Waals surface area contributed by atoms with E-state index in [4.69, 9.17) is 0 Å². The summed E-state index contributed by atoms with van der Waals surface area (Å²) in [6.07, 6.45) is 2.26. The number of benzene rings is 1. The molecule has 0 spiro atoms. The van der Waals surface area contributed by atoms with Crippen LogP contribution in [-0.2, 0) is 11.3 Å². The van der Waals surface area contributed by atoms with Crippen molar-refractivity contribution in [3.63, 3.8) is 0 Å². The predicted octanol–water partition coefficient (Wildman–Crippen LogP) is 1.33. The topological polar surface area (TPSA) is 69.9 Å². The van der Waals surface area contributed by atoms with Gasteiger partial charge in [0.2, 0.25) is 5.91 Å². The van der Waals surface area contributed by atoms with Crippen molar-refractivity contribution in [3.05, 3.63) is 39.9 Å². The summed E-state index contributed by atoms with van der Waals surface area (Å²) in [7, 11) is 0. The second kappa shape index (κ2) is 7.72. The van der Waals surface area contributed by atoms with Gasteiger partial charge in [-0.2, -0.15) is 0 Å². The van der Waals surface area contributed by atoms with Crippen molar-refractivity contribution < 1.29 is 9.72 Å². The van der Waals surface area contributed by atoms with Crippen LogP contribution in [0.15, 0.2) is 24.3 Å². The van der Waals surface area contributed by atoms with Crippen molar-refractivity contribution >= 4 is 11.6 Å². The van der Waals surface area contributed by atoms with E-state index in [0.29, 0.717) is 6.54 Å². The number of likely N-dealkylation sites (tertiary alicyclic amines) is 1. The van der Waals surface area contributed by atoms with Crippen molar-refractivity contribution in [2.75, 3.05) is 45.8 Å². The first-order valence-electron chi connectivity index (χ1n) is 8.57. The maximum atomic E-state index is 12.2. The smallest absolute Gasteiger partial charge is 0.269 e. The van der Waals surface area contributed by atoms with Crippen LogP contribution < -0.4 is 0 Å². The first kappa shape index (κ1) is 16.9. The summed E-state index contributed by atoms with van der Waals surface area (Å²) >= 11 is 0. The number of nitro benzene ring substituents is 1. The van der Waals surface area contributed by atoms with Crippen LogP contribution in [-0.4, -0.2) is 71.3 Å². The van der Waals surface area contributed by atoms with Gasteiger partial charge in [-0.3, -0.25) is 24.7 Å². The zero-order chi connectivity index (χ0) is 16.9. The molecular formula is C17H24N4O3. The van der Waals surface area contributed by atoms with Crippen molar-refractivity contribution in [1.29, 1.82) is 0 Å². The molecule has 2 heterocycles. The Morgan fingerprint density at radius 2 is 1.71 bits per heavy atom. The number of hydrogen-bond donors (Lipinski definition) is 0. The van der Waals surface area contributed by atoms with E-state index in [9.17, 15) is 14.9 Å². The zero-order valence-corrected chi connectivity index (χ0v) is 13.9. The lowest BCUT2D eigenvalue weighted by Crippen LogP contribution is -2.49. The predicted molar refractivity (Wildman–Crippen MR) is 90.6 cm³/mol. The fraction of sp³-hybridized carbons (Fsp3) is 0.588. The third kappa shape index (κ3) is 4.30. The van der Waals surface area contributed by atoms with Crippen LogP contribution in [0.3, 0.4) is 0 Å². The Balaban J connectivity index is 1.46. The minimum atomic E-state index is -0.356. The summed E-state index contributed by atoms with van der Waals surface area (Å²) in [4.78, 5) is 29.2. The number of carbonyl (C=O) groups excluding carboxylic acids is 1. The molecule has 2 aliphatic rings. The fourth-order valence-electron chi connectivity index (χ4n) is 3.39. The lowest BCUT2D eigenvalue weighted by Gasteiger charge is -2.35. The third-order valence-corrected chi connectivity index (χ3v) is 4.81. The maximum Gasteiger partial charge on any atom is 0.269 e. The zero-order valence-electron chi connectivity index (χ0n) is 13.9. The number of carbonyl (C=O) groups is 1. The number of nitrogens with zero attached hydrogens (tertiary/aromatic N) is 4. The fourth-order valence-corrected chi connectivity index (χ4v) is 3.39. The Labute approximate surface area is 142 Å². The quantitative estimate of drug-likeness (QED) is 0.601. The molecule has 1 amide bonds. The van der Waals surface area contributed by atoms with Crippen molar-refractivity contribution in [3.8, 4) is 0 Å². The highest BCUT2D eigenvalue weighted by Crippen LogP contribution is 2.16. The summed E-state index contributed by atoms with van der Waals surface area (Å²) < 4.78 is 0. The number of piperazine rings is 1. The summed E-state index contributed by atoms with van der Waals surface area (Å²) in [5.74, 6) is 0.250. The molecule has 1 aromatic carbocycles. The number of rotatable bonds is 5. The molecule has 0 aromatic heterocycles. The second-order valence-electron chi connectivity index (χ2n) is 6.57. The number of amides is 1. The van der Waals surface area contributed by atoms with Gasteiger partial charge in [-0.05, 0) is 18.4 Å². The molecule has 7 nitrogen and oxygen atoms in total. The van der Waals surface area contributed by atoms with Gasteiger partial charge in [-0.15, -0.1) is 0 Å². The SMILES string of the molecule is O=C(CN1CCN(Cc2cccc([N+](=O)[O-])c2)CC1)N1CCCC1. The average molecular weight is 332 g/mol. The standard InChI is InChI=1S/C17H24N4O3/c22-17(20-6-1-2-7-20)14-19-10-8-18(9-11-19)13-15-4-3-5-16(12-15)21(23)24/h3-5,12H,1-2,6-11,13-14H2. The van der Waals surface area contributed by atoms with E-state index in [1.54, 1.807) is 12.1 Å². The first-order valence-corrected chi connectivity index (χ1v) is 8.57. The Bertz CT molecular complexity index is 593. The highest BCUT2D eigenvalue weighted by molar-refractivity contribution is 5.78. The van der Waals surface area contributed by atoms with Crippen molar-refractivity contribution in [2.24, 2.45) is 0 Å². The molecule has 0 aliphatic carbocycles. The first-order chi connectivity index (χ1) is 11.6. The van der Waals surface area contributed by atoms with Crippen LogP contribution in [0.4, 0.5) is 5.69 Å². The van der Waals surface area contributed by atoms with E-state index in [0.717, 1.165) is 64.2 Å². The van der Waals surface area contributed by atoms with Gasteiger partial charge in [0.15, 0.2) is 0 Å². The van der Waals surface area contributed by atoms with E-state index in [1.165, 1.54) is 6.07 Å². The number of hydrogen-bond acceptors (Lipinski definition) is 5. The summed E-state index contributed by atoms with van der Waals surface area (Å²) in [6, 6.07) is 6.82. The summed E-state index contributed by atoms with van der Waals surface area (Å²) in [5.41, 5.74) is 1.10. The summed E-state index contributed by atoms with van der Waals surface area (Å²) in [5, 5.41) is 10.8. The van der Waals surface area contributed by atoms with Gasteiger partial charge in [0.1, 0.15) is 0 Å². The average Bonchev–Trinajstić information content (AvgIpc) is 3.11. The molecule has 2 saturated heterocycles. The lowest BCUT2D eigenvalue weighted by atomic mass is 10.1. The molecule has 0 saturated carbocycles. The van der Waals surface area contributed by atoms with Crippen LogP contribution in [0, 0.1) is 10.1 Å². The third-order valence-electron chi connectivity index (χ3n) is 4.81. The maximum absolute atomic E-state index is 12.2. The summed E-state index contributed by atoms with van der Waals surface area (Å²) in [6.45, 7) is 6.56. The molecule has 0 bridgehead atoms. The molecule has 1 aromatic rings. The van der Waals surface area contributed by atoms with Crippen LogP contribution in [0.2, 0.25) is 0 Å². The minimum absolute atomic E-state index is 0.141. The normalized spacial score (nSPS) is 19.6. The van der Waals surface area contributed by atoms with Gasteiger partial charge in [0.05, 0.1) is 11.5 Å². The molecule has 0 atom stereocenters. The highest BCUT2D eigenvalue weighted by Gasteiger charge is 2.23.